The average molecular weight is 192 g/mol. The summed E-state index contributed by atoms with van der Waals surface area (Å²) in [6.07, 6.45) is 12.5. The molecule has 2 aliphatic rings. The maximum Gasteiger partial charge on any atom is -0.0135 e. The topological polar surface area (TPSA) is 0 Å². The Morgan fingerprint density at radius 1 is 1.29 bits per heavy atom. The molecule has 0 saturated heterocycles. The maximum absolute atomic E-state index is 2.51. The molecule has 0 N–H and O–H groups in total. The van der Waals surface area contributed by atoms with Crippen LogP contribution < -0.4 is 0 Å². The molecule has 0 amide bonds. The first kappa shape index (κ1) is 10.3. The van der Waals surface area contributed by atoms with Crippen molar-refractivity contribution in [3.05, 3.63) is 11.6 Å². The zero-order valence-corrected chi connectivity index (χ0v) is 9.76. The molecular weight excluding hydrogens is 168 g/mol. The minimum Gasteiger partial charge on any atom is -0.0850 e. The first-order chi connectivity index (χ1) is 6.86. The summed E-state index contributed by atoms with van der Waals surface area (Å²) in [5.41, 5.74) is 1.80. The molecule has 0 aliphatic heterocycles. The Kier molecular flexibility index (Phi) is 3.30. The van der Waals surface area contributed by atoms with Crippen LogP contribution in [0.4, 0.5) is 0 Å². The van der Waals surface area contributed by atoms with Gasteiger partial charge in [0.15, 0.2) is 0 Å². The van der Waals surface area contributed by atoms with E-state index in [0.717, 1.165) is 17.8 Å². The van der Waals surface area contributed by atoms with Crippen molar-refractivity contribution in [3.63, 3.8) is 0 Å². The molecule has 2 aliphatic carbocycles. The van der Waals surface area contributed by atoms with Crippen LogP contribution >= 0.6 is 0 Å². The lowest BCUT2D eigenvalue weighted by molar-refractivity contribution is 0.575. The van der Waals surface area contributed by atoms with E-state index in [9.17, 15) is 0 Å². The Morgan fingerprint density at radius 2 is 2.14 bits per heavy atom. The molecule has 0 aromatic rings. The lowest BCUT2D eigenvalue weighted by Gasteiger charge is -1.95. The molecule has 3 unspecified atom stereocenters. The average Bonchev–Trinajstić information content (AvgIpc) is 3.05. The summed E-state index contributed by atoms with van der Waals surface area (Å²) in [6, 6.07) is 0. The summed E-state index contributed by atoms with van der Waals surface area (Å²) < 4.78 is 0. The second-order valence-electron chi connectivity index (χ2n) is 5.18. The van der Waals surface area contributed by atoms with Crippen LogP contribution in [0.1, 0.15) is 58.8 Å². The van der Waals surface area contributed by atoms with E-state index in [0.29, 0.717) is 0 Å². The number of hydrogen-bond donors (Lipinski definition) is 0. The fraction of sp³-hybridized carbons (Fsp3) is 0.857. The van der Waals surface area contributed by atoms with Crippen LogP contribution in [0.5, 0.6) is 0 Å². The summed E-state index contributed by atoms with van der Waals surface area (Å²) in [6.45, 7) is 4.58. The van der Waals surface area contributed by atoms with Crippen molar-refractivity contribution < 1.29 is 0 Å². The minimum atomic E-state index is 1.04. The van der Waals surface area contributed by atoms with E-state index in [4.69, 9.17) is 0 Å². The van der Waals surface area contributed by atoms with E-state index in [2.05, 4.69) is 19.9 Å². The van der Waals surface area contributed by atoms with Crippen molar-refractivity contribution >= 4 is 0 Å². The van der Waals surface area contributed by atoms with E-state index in [1.807, 2.05) is 0 Å². The van der Waals surface area contributed by atoms with Crippen molar-refractivity contribution in [3.8, 4) is 0 Å². The first-order valence-electron chi connectivity index (χ1n) is 6.55. The summed E-state index contributed by atoms with van der Waals surface area (Å²) in [7, 11) is 0. The number of hydrogen-bond acceptors (Lipinski definition) is 0. The second kappa shape index (κ2) is 4.51. The molecule has 0 radical (unpaired) electrons. The molecule has 0 spiro atoms. The molecule has 2 fully saturated rings. The summed E-state index contributed by atoms with van der Waals surface area (Å²) in [5.74, 6) is 3.28. The van der Waals surface area contributed by atoms with Crippen molar-refractivity contribution in [2.75, 3.05) is 0 Å². The third-order valence-electron chi connectivity index (χ3n) is 3.89. The normalized spacial score (nSPS) is 37.6. The van der Waals surface area contributed by atoms with Crippen molar-refractivity contribution in [2.24, 2.45) is 17.8 Å². The fourth-order valence-corrected chi connectivity index (χ4v) is 2.75. The molecule has 0 nitrogen and oxygen atoms in total. The van der Waals surface area contributed by atoms with E-state index < -0.39 is 0 Å². The molecule has 80 valence electrons. The SMILES string of the molecule is CCC/C=C1\CC1C1CC1CCCC. The predicted octanol–water partition coefficient (Wildman–Crippen LogP) is 4.56. The largest absolute Gasteiger partial charge is 0.0850 e. The quantitative estimate of drug-likeness (QED) is 0.541. The molecule has 0 heteroatoms. The summed E-state index contributed by atoms with van der Waals surface area (Å²) in [4.78, 5) is 0. The van der Waals surface area contributed by atoms with Crippen molar-refractivity contribution in [2.45, 2.75) is 58.8 Å². The van der Waals surface area contributed by atoms with E-state index in [1.165, 1.54) is 38.5 Å². The standard InChI is InChI=1S/C14H24/c1-3-5-7-11-9-13(11)14-10-12(14)8-6-4-2/h7,12-14H,3-6,8-10H2,1-2H3/b11-7+. The van der Waals surface area contributed by atoms with Crippen molar-refractivity contribution in [1.82, 2.24) is 0 Å². The highest BCUT2D eigenvalue weighted by atomic mass is 14.5. The van der Waals surface area contributed by atoms with Gasteiger partial charge < -0.3 is 0 Å². The third-order valence-corrected chi connectivity index (χ3v) is 3.89. The highest BCUT2D eigenvalue weighted by Gasteiger charge is 2.49. The molecule has 0 bridgehead atoms. The Labute approximate surface area is 88.8 Å². The van der Waals surface area contributed by atoms with Gasteiger partial charge in [-0.2, -0.15) is 0 Å². The Balaban J connectivity index is 1.65. The number of allylic oxidation sites excluding steroid dienone is 2. The molecule has 0 heterocycles. The van der Waals surface area contributed by atoms with Gasteiger partial charge in [-0.3, -0.25) is 0 Å². The van der Waals surface area contributed by atoms with Gasteiger partial charge in [0.2, 0.25) is 0 Å². The molecule has 0 aromatic carbocycles. The van der Waals surface area contributed by atoms with E-state index in [1.54, 1.807) is 12.0 Å². The smallest absolute Gasteiger partial charge is 0.0135 e. The van der Waals surface area contributed by atoms with Gasteiger partial charge in [-0.25, -0.2) is 0 Å². The van der Waals surface area contributed by atoms with Gasteiger partial charge in [0.1, 0.15) is 0 Å². The fourth-order valence-electron chi connectivity index (χ4n) is 2.75. The zero-order valence-electron chi connectivity index (χ0n) is 9.76. The molecule has 14 heavy (non-hydrogen) atoms. The minimum absolute atomic E-state index is 1.04. The van der Waals surface area contributed by atoms with Gasteiger partial charge in [-0.1, -0.05) is 51.2 Å². The summed E-state index contributed by atoms with van der Waals surface area (Å²) >= 11 is 0. The Hall–Kier alpha value is -0.260. The monoisotopic (exact) mass is 192 g/mol. The van der Waals surface area contributed by atoms with Crippen LogP contribution in [0, 0.1) is 17.8 Å². The second-order valence-corrected chi connectivity index (χ2v) is 5.18. The molecule has 2 rings (SSSR count). The van der Waals surface area contributed by atoms with Crippen LogP contribution in [0.15, 0.2) is 11.6 Å². The van der Waals surface area contributed by atoms with E-state index >= 15 is 0 Å². The molecule has 3 atom stereocenters. The Morgan fingerprint density at radius 3 is 2.86 bits per heavy atom. The molecule has 0 aromatic heterocycles. The molecule has 2 saturated carbocycles. The lowest BCUT2D eigenvalue weighted by atomic mass is 10.1. The van der Waals surface area contributed by atoms with Gasteiger partial charge in [-0.15, -0.1) is 0 Å². The van der Waals surface area contributed by atoms with Crippen molar-refractivity contribution in [1.29, 1.82) is 0 Å². The van der Waals surface area contributed by atoms with Crippen LogP contribution in [0.2, 0.25) is 0 Å². The zero-order chi connectivity index (χ0) is 9.97. The van der Waals surface area contributed by atoms with Crippen LogP contribution in [0.25, 0.3) is 0 Å². The van der Waals surface area contributed by atoms with Crippen LogP contribution in [-0.2, 0) is 0 Å². The lowest BCUT2D eigenvalue weighted by Crippen LogP contribution is -1.85. The highest BCUT2D eigenvalue weighted by molar-refractivity contribution is 5.27. The predicted molar refractivity (Wildman–Crippen MR) is 62.2 cm³/mol. The van der Waals surface area contributed by atoms with Gasteiger partial charge in [0.05, 0.1) is 0 Å². The maximum atomic E-state index is 2.51. The van der Waals surface area contributed by atoms with Gasteiger partial charge in [0.25, 0.3) is 0 Å². The van der Waals surface area contributed by atoms with Crippen LogP contribution in [0.3, 0.4) is 0 Å². The van der Waals surface area contributed by atoms with Gasteiger partial charge in [0, 0.05) is 0 Å². The number of unbranched alkanes of at least 4 members (excludes halogenated alkanes) is 2. The van der Waals surface area contributed by atoms with E-state index in [-0.39, 0.29) is 0 Å². The number of rotatable bonds is 6. The summed E-state index contributed by atoms with van der Waals surface area (Å²) in [5, 5.41) is 0. The van der Waals surface area contributed by atoms with Gasteiger partial charge in [-0.05, 0) is 37.0 Å². The Bertz CT molecular complexity index is 214. The van der Waals surface area contributed by atoms with Crippen LogP contribution in [-0.4, -0.2) is 0 Å². The van der Waals surface area contributed by atoms with Gasteiger partial charge >= 0.3 is 0 Å². The molecular formula is C14H24. The first-order valence-corrected chi connectivity index (χ1v) is 6.55. The highest BCUT2D eigenvalue weighted by Crippen LogP contribution is 2.59. The third kappa shape index (κ3) is 2.40.